The minimum atomic E-state index is -0.283. The van der Waals surface area contributed by atoms with E-state index in [2.05, 4.69) is 44.2 Å². The first-order valence-corrected chi connectivity index (χ1v) is 6.78. The van der Waals surface area contributed by atoms with E-state index in [-0.39, 0.29) is 11.2 Å². The lowest BCUT2D eigenvalue weighted by Gasteiger charge is -2.35. The zero-order valence-electron chi connectivity index (χ0n) is 11.4. The summed E-state index contributed by atoms with van der Waals surface area (Å²) in [6.07, 6.45) is 0.882. The Morgan fingerprint density at radius 1 is 0.947 bits per heavy atom. The van der Waals surface area contributed by atoms with Gasteiger partial charge in [0.1, 0.15) is 0 Å². The van der Waals surface area contributed by atoms with Crippen molar-refractivity contribution in [2.75, 3.05) is 0 Å². The average Bonchev–Trinajstić information content (AvgIpc) is 2.44. The number of carbonyl (C=O) groups excluding carboxylic acids is 1. The maximum atomic E-state index is 12.5. The van der Waals surface area contributed by atoms with Crippen LogP contribution < -0.4 is 0 Å². The minimum Gasteiger partial charge on any atom is -0.294 e. The molecule has 0 saturated carbocycles. The molecule has 19 heavy (non-hydrogen) atoms. The molecule has 0 fully saturated rings. The molecular formula is C18H18O. The molecular weight excluding hydrogens is 232 g/mol. The monoisotopic (exact) mass is 250 g/mol. The van der Waals surface area contributed by atoms with Crippen LogP contribution in [0.5, 0.6) is 0 Å². The molecule has 1 aliphatic rings. The van der Waals surface area contributed by atoms with Gasteiger partial charge in [0, 0.05) is 16.9 Å². The van der Waals surface area contributed by atoms with Crippen LogP contribution in [-0.4, -0.2) is 5.78 Å². The molecule has 0 amide bonds. The van der Waals surface area contributed by atoms with Crippen LogP contribution >= 0.6 is 0 Å². The topological polar surface area (TPSA) is 17.1 Å². The molecule has 0 aliphatic heterocycles. The second-order valence-electron chi connectivity index (χ2n) is 5.97. The van der Waals surface area contributed by atoms with Crippen LogP contribution in [0.1, 0.15) is 47.7 Å². The van der Waals surface area contributed by atoms with Gasteiger partial charge in [-0.1, -0.05) is 68.4 Å². The summed E-state index contributed by atoms with van der Waals surface area (Å²) in [7, 11) is 0. The number of hydrogen-bond donors (Lipinski definition) is 0. The van der Waals surface area contributed by atoms with Gasteiger partial charge in [0.05, 0.1) is 0 Å². The maximum Gasteiger partial charge on any atom is 0.168 e. The SMILES string of the molecule is CC1(C)CC(c2ccccc2)c2ccccc2C1=O. The van der Waals surface area contributed by atoms with Crippen LogP contribution in [0.25, 0.3) is 0 Å². The summed E-state index contributed by atoms with van der Waals surface area (Å²) in [6.45, 7) is 4.11. The Bertz CT molecular complexity index is 611. The fourth-order valence-electron chi connectivity index (χ4n) is 3.07. The number of Topliss-reactive ketones (excluding diaryl/α,β-unsaturated/α-hetero) is 1. The predicted molar refractivity (Wildman–Crippen MR) is 77.5 cm³/mol. The number of carbonyl (C=O) groups is 1. The van der Waals surface area contributed by atoms with Crippen LogP contribution in [-0.2, 0) is 0 Å². The summed E-state index contributed by atoms with van der Waals surface area (Å²) in [6, 6.07) is 18.5. The van der Waals surface area contributed by atoms with Crippen LogP contribution in [0.3, 0.4) is 0 Å². The third-order valence-electron chi connectivity index (χ3n) is 4.11. The first kappa shape index (κ1) is 12.2. The van der Waals surface area contributed by atoms with E-state index in [0.717, 1.165) is 12.0 Å². The van der Waals surface area contributed by atoms with E-state index in [1.54, 1.807) is 0 Å². The van der Waals surface area contributed by atoms with Crippen molar-refractivity contribution in [2.45, 2.75) is 26.2 Å². The van der Waals surface area contributed by atoms with E-state index in [1.165, 1.54) is 11.1 Å². The number of rotatable bonds is 1. The smallest absolute Gasteiger partial charge is 0.168 e. The molecule has 0 bridgehead atoms. The number of fused-ring (bicyclic) bond motifs is 1. The normalized spacial score (nSPS) is 20.9. The highest BCUT2D eigenvalue weighted by molar-refractivity contribution is 6.02. The summed E-state index contributed by atoms with van der Waals surface area (Å²) >= 11 is 0. The fraction of sp³-hybridized carbons (Fsp3) is 0.278. The van der Waals surface area contributed by atoms with Crippen molar-refractivity contribution in [3.8, 4) is 0 Å². The lowest BCUT2D eigenvalue weighted by Crippen LogP contribution is -2.33. The fourth-order valence-corrected chi connectivity index (χ4v) is 3.07. The number of benzene rings is 2. The highest BCUT2D eigenvalue weighted by Crippen LogP contribution is 2.44. The van der Waals surface area contributed by atoms with Crippen molar-refractivity contribution in [3.63, 3.8) is 0 Å². The van der Waals surface area contributed by atoms with Gasteiger partial charge in [-0.3, -0.25) is 4.79 Å². The molecule has 0 saturated heterocycles. The van der Waals surface area contributed by atoms with Gasteiger partial charge in [-0.2, -0.15) is 0 Å². The average molecular weight is 250 g/mol. The van der Waals surface area contributed by atoms with Crippen LogP contribution in [0.15, 0.2) is 54.6 Å². The Hall–Kier alpha value is -1.89. The second kappa shape index (κ2) is 4.34. The van der Waals surface area contributed by atoms with Crippen molar-refractivity contribution in [1.82, 2.24) is 0 Å². The Kier molecular flexibility index (Phi) is 2.78. The summed E-state index contributed by atoms with van der Waals surface area (Å²) in [4.78, 5) is 12.5. The summed E-state index contributed by atoms with van der Waals surface area (Å²) in [5.41, 5.74) is 3.09. The van der Waals surface area contributed by atoms with Gasteiger partial charge in [0.15, 0.2) is 5.78 Å². The van der Waals surface area contributed by atoms with Gasteiger partial charge in [0.25, 0.3) is 0 Å². The second-order valence-corrected chi connectivity index (χ2v) is 5.97. The minimum absolute atomic E-state index is 0.273. The largest absolute Gasteiger partial charge is 0.294 e. The van der Waals surface area contributed by atoms with Crippen molar-refractivity contribution in [2.24, 2.45) is 5.41 Å². The van der Waals surface area contributed by atoms with Crippen LogP contribution in [0.4, 0.5) is 0 Å². The molecule has 1 unspecified atom stereocenters. The molecule has 1 nitrogen and oxygen atoms in total. The molecule has 0 aromatic heterocycles. The highest BCUT2D eigenvalue weighted by atomic mass is 16.1. The standard InChI is InChI=1S/C18H18O/c1-18(2)12-16(13-8-4-3-5-9-13)14-10-6-7-11-15(14)17(18)19/h3-11,16H,12H2,1-2H3. The Morgan fingerprint density at radius 2 is 1.58 bits per heavy atom. The molecule has 96 valence electrons. The van der Waals surface area contributed by atoms with Crippen molar-refractivity contribution in [3.05, 3.63) is 71.3 Å². The zero-order chi connectivity index (χ0) is 13.5. The lowest BCUT2D eigenvalue weighted by molar-refractivity contribution is 0.0802. The predicted octanol–water partition coefficient (Wildman–Crippen LogP) is 4.43. The van der Waals surface area contributed by atoms with E-state index < -0.39 is 0 Å². The highest BCUT2D eigenvalue weighted by Gasteiger charge is 2.39. The van der Waals surface area contributed by atoms with E-state index in [0.29, 0.717) is 5.92 Å². The summed E-state index contributed by atoms with van der Waals surface area (Å²) in [5.74, 6) is 0.598. The van der Waals surface area contributed by atoms with E-state index in [1.807, 2.05) is 24.3 Å². The molecule has 0 heterocycles. The van der Waals surface area contributed by atoms with Crippen LogP contribution in [0.2, 0.25) is 0 Å². The quantitative estimate of drug-likeness (QED) is 0.731. The molecule has 1 aliphatic carbocycles. The van der Waals surface area contributed by atoms with Crippen molar-refractivity contribution < 1.29 is 4.79 Å². The van der Waals surface area contributed by atoms with Gasteiger partial charge in [-0.25, -0.2) is 0 Å². The van der Waals surface area contributed by atoms with Crippen molar-refractivity contribution in [1.29, 1.82) is 0 Å². The first-order valence-electron chi connectivity index (χ1n) is 6.78. The molecule has 1 heteroatoms. The molecule has 0 spiro atoms. The van der Waals surface area contributed by atoms with Gasteiger partial charge in [-0.05, 0) is 17.5 Å². The molecule has 0 radical (unpaired) electrons. The first-order chi connectivity index (χ1) is 9.09. The van der Waals surface area contributed by atoms with Crippen LogP contribution in [0, 0.1) is 5.41 Å². The Morgan fingerprint density at radius 3 is 2.32 bits per heavy atom. The van der Waals surface area contributed by atoms with Gasteiger partial charge in [-0.15, -0.1) is 0 Å². The summed E-state index contributed by atoms with van der Waals surface area (Å²) in [5, 5.41) is 0. The molecule has 0 N–H and O–H groups in total. The third kappa shape index (κ3) is 1.99. The van der Waals surface area contributed by atoms with Gasteiger partial charge < -0.3 is 0 Å². The zero-order valence-corrected chi connectivity index (χ0v) is 11.4. The molecule has 3 rings (SSSR count). The Labute approximate surface area is 114 Å². The molecule has 2 aromatic carbocycles. The summed E-state index contributed by atoms with van der Waals surface area (Å²) < 4.78 is 0. The van der Waals surface area contributed by atoms with Crippen molar-refractivity contribution >= 4 is 5.78 Å². The van der Waals surface area contributed by atoms with Gasteiger partial charge >= 0.3 is 0 Å². The van der Waals surface area contributed by atoms with Gasteiger partial charge in [0.2, 0.25) is 0 Å². The third-order valence-corrected chi connectivity index (χ3v) is 4.11. The van der Waals surface area contributed by atoms with E-state index >= 15 is 0 Å². The number of ketones is 1. The molecule has 2 aromatic rings. The Balaban J connectivity index is 2.17. The lowest BCUT2D eigenvalue weighted by atomic mass is 9.66. The van der Waals surface area contributed by atoms with E-state index in [9.17, 15) is 4.79 Å². The molecule has 1 atom stereocenters. The number of hydrogen-bond acceptors (Lipinski definition) is 1. The van der Waals surface area contributed by atoms with E-state index in [4.69, 9.17) is 0 Å². The maximum absolute atomic E-state index is 12.5.